The van der Waals surface area contributed by atoms with Gasteiger partial charge in [-0.15, -0.1) is 0 Å². The van der Waals surface area contributed by atoms with Crippen molar-refractivity contribution in [3.63, 3.8) is 0 Å². The first-order chi connectivity index (χ1) is 8.70. The van der Waals surface area contributed by atoms with E-state index in [0.29, 0.717) is 6.04 Å². The van der Waals surface area contributed by atoms with E-state index in [4.69, 9.17) is 4.74 Å². The Labute approximate surface area is 109 Å². The van der Waals surface area contributed by atoms with E-state index in [1.165, 1.54) is 25.0 Å². The second-order valence-corrected chi connectivity index (χ2v) is 5.06. The molecule has 18 heavy (non-hydrogen) atoms. The van der Waals surface area contributed by atoms with E-state index < -0.39 is 0 Å². The Morgan fingerprint density at radius 3 is 2.94 bits per heavy atom. The summed E-state index contributed by atoms with van der Waals surface area (Å²) in [5.74, 6) is 0.610. The van der Waals surface area contributed by atoms with Crippen LogP contribution in [0.15, 0.2) is 18.2 Å². The highest BCUT2D eigenvalue weighted by Crippen LogP contribution is 2.27. The van der Waals surface area contributed by atoms with Crippen LogP contribution < -0.4 is 10.1 Å². The van der Waals surface area contributed by atoms with Crippen molar-refractivity contribution in [3.05, 3.63) is 29.6 Å². The van der Waals surface area contributed by atoms with Crippen LogP contribution in [0.2, 0.25) is 0 Å². The summed E-state index contributed by atoms with van der Waals surface area (Å²) in [5.41, 5.74) is 0.871. The van der Waals surface area contributed by atoms with Gasteiger partial charge in [-0.05, 0) is 62.9 Å². The average Bonchev–Trinajstić information content (AvgIpc) is 2.77. The zero-order valence-corrected chi connectivity index (χ0v) is 11.2. The fourth-order valence-corrected chi connectivity index (χ4v) is 2.54. The Balaban J connectivity index is 1.99. The smallest absolute Gasteiger partial charge is 0.123 e. The highest BCUT2D eigenvalue weighted by molar-refractivity contribution is 5.33. The minimum atomic E-state index is -0.202. The third-order valence-electron chi connectivity index (χ3n) is 3.52. The number of nitrogens with one attached hydrogen (secondary N) is 1. The maximum Gasteiger partial charge on any atom is 0.123 e. The first-order valence-electron chi connectivity index (χ1n) is 6.87. The van der Waals surface area contributed by atoms with Gasteiger partial charge in [-0.2, -0.15) is 0 Å². The van der Waals surface area contributed by atoms with E-state index >= 15 is 0 Å². The van der Waals surface area contributed by atoms with Gasteiger partial charge < -0.3 is 10.1 Å². The van der Waals surface area contributed by atoms with Crippen LogP contribution in [0.25, 0.3) is 0 Å². The monoisotopic (exact) mass is 251 g/mol. The Morgan fingerprint density at radius 2 is 2.22 bits per heavy atom. The van der Waals surface area contributed by atoms with Crippen LogP contribution in [0.3, 0.4) is 0 Å². The van der Waals surface area contributed by atoms with Crippen molar-refractivity contribution in [3.8, 4) is 5.75 Å². The Kier molecular flexibility index (Phi) is 4.59. The summed E-state index contributed by atoms with van der Waals surface area (Å²) < 4.78 is 19.1. The number of benzene rings is 1. The fraction of sp³-hybridized carbons (Fsp3) is 0.600. The predicted molar refractivity (Wildman–Crippen MR) is 71.5 cm³/mol. The molecule has 2 unspecified atom stereocenters. The number of ether oxygens (including phenoxy) is 1. The van der Waals surface area contributed by atoms with Crippen molar-refractivity contribution in [1.29, 1.82) is 0 Å². The molecule has 2 nitrogen and oxygen atoms in total. The molecule has 1 aliphatic carbocycles. The maximum absolute atomic E-state index is 13.0. The third kappa shape index (κ3) is 3.22. The molecule has 1 aromatic carbocycles. The van der Waals surface area contributed by atoms with Gasteiger partial charge in [0.05, 0.1) is 0 Å². The molecule has 0 aliphatic heterocycles. The van der Waals surface area contributed by atoms with Crippen LogP contribution in [-0.2, 0) is 0 Å². The molecule has 100 valence electrons. The normalized spacial score (nSPS) is 23.3. The zero-order valence-electron chi connectivity index (χ0n) is 11.2. The number of hydrogen-bond acceptors (Lipinski definition) is 2. The van der Waals surface area contributed by atoms with Gasteiger partial charge in [0.1, 0.15) is 17.7 Å². The quantitative estimate of drug-likeness (QED) is 0.865. The van der Waals surface area contributed by atoms with Gasteiger partial charge in [-0.25, -0.2) is 4.39 Å². The number of rotatable bonds is 5. The second kappa shape index (κ2) is 6.19. The first-order valence-corrected chi connectivity index (χ1v) is 6.87. The molecule has 1 aliphatic rings. The first kappa shape index (κ1) is 13.3. The van der Waals surface area contributed by atoms with Gasteiger partial charge in [0.2, 0.25) is 0 Å². The lowest BCUT2D eigenvalue weighted by Crippen LogP contribution is -2.39. The Morgan fingerprint density at radius 1 is 1.39 bits per heavy atom. The molecular formula is C15H22FNO. The predicted octanol–water partition coefficient (Wildman–Crippen LogP) is 3.43. The summed E-state index contributed by atoms with van der Waals surface area (Å²) in [6.07, 6.45) is 4.81. The summed E-state index contributed by atoms with van der Waals surface area (Å²) in [5, 5.41) is 3.53. The van der Waals surface area contributed by atoms with Crippen LogP contribution in [0.5, 0.6) is 5.75 Å². The van der Waals surface area contributed by atoms with E-state index in [0.717, 1.165) is 30.7 Å². The molecule has 1 N–H and O–H groups in total. The topological polar surface area (TPSA) is 21.3 Å². The van der Waals surface area contributed by atoms with Gasteiger partial charge in [-0.1, -0.05) is 6.92 Å². The van der Waals surface area contributed by atoms with E-state index in [1.54, 1.807) is 6.07 Å². The maximum atomic E-state index is 13.0. The molecule has 1 saturated carbocycles. The van der Waals surface area contributed by atoms with Gasteiger partial charge in [-0.3, -0.25) is 0 Å². The van der Waals surface area contributed by atoms with Crippen molar-refractivity contribution in [1.82, 2.24) is 5.32 Å². The molecule has 0 spiro atoms. The van der Waals surface area contributed by atoms with E-state index in [1.807, 2.05) is 6.92 Å². The van der Waals surface area contributed by atoms with E-state index in [-0.39, 0.29) is 11.9 Å². The van der Waals surface area contributed by atoms with Crippen LogP contribution in [0.4, 0.5) is 4.39 Å². The summed E-state index contributed by atoms with van der Waals surface area (Å²) in [4.78, 5) is 0. The van der Waals surface area contributed by atoms with Crippen molar-refractivity contribution >= 4 is 0 Å². The standard InChI is InChI=1S/C15H22FNO/c1-3-9-17-13-5-4-6-15(13)18-14-8-7-12(16)10-11(14)2/h7-8,10,13,15,17H,3-6,9H2,1-2H3. The molecule has 0 amide bonds. The summed E-state index contributed by atoms with van der Waals surface area (Å²) >= 11 is 0. The average molecular weight is 251 g/mol. The number of halogens is 1. The third-order valence-corrected chi connectivity index (χ3v) is 3.52. The molecule has 0 saturated heterocycles. The highest BCUT2D eigenvalue weighted by atomic mass is 19.1. The molecule has 2 rings (SSSR count). The van der Waals surface area contributed by atoms with Crippen LogP contribution in [-0.4, -0.2) is 18.7 Å². The van der Waals surface area contributed by atoms with E-state index in [9.17, 15) is 4.39 Å². The lowest BCUT2D eigenvalue weighted by molar-refractivity contribution is 0.173. The molecule has 0 radical (unpaired) electrons. The van der Waals surface area contributed by atoms with Crippen molar-refractivity contribution < 1.29 is 9.13 Å². The Hall–Kier alpha value is -1.09. The van der Waals surface area contributed by atoms with Crippen molar-refractivity contribution in [2.45, 2.75) is 51.7 Å². The minimum Gasteiger partial charge on any atom is -0.489 e. The molecule has 0 aromatic heterocycles. The molecular weight excluding hydrogens is 229 g/mol. The minimum absolute atomic E-state index is 0.202. The van der Waals surface area contributed by atoms with Gasteiger partial charge in [0.25, 0.3) is 0 Å². The number of hydrogen-bond donors (Lipinski definition) is 1. The summed E-state index contributed by atoms with van der Waals surface area (Å²) in [7, 11) is 0. The lowest BCUT2D eigenvalue weighted by Gasteiger charge is -2.23. The van der Waals surface area contributed by atoms with Gasteiger partial charge >= 0.3 is 0 Å². The molecule has 0 bridgehead atoms. The summed E-state index contributed by atoms with van der Waals surface area (Å²) in [6, 6.07) is 5.17. The van der Waals surface area contributed by atoms with Gasteiger partial charge in [0.15, 0.2) is 0 Å². The largest absolute Gasteiger partial charge is 0.489 e. The molecule has 1 fully saturated rings. The number of aryl methyl sites for hydroxylation is 1. The Bertz CT molecular complexity index is 394. The lowest BCUT2D eigenvalue weighted by atomic mass is 10.2. The van der Waals surface area contributed by atoms with E-state index in [2.05, 4.69) is 12.2 Å². The highest BCUT2D eigenvalue weighted by Gasteiger charge is 2.28. The van der Waals surface area contributed by atoms with Crippen molar-refractivity contribution in [2.24, 2.45) is 0 Å². The molecule has 1 aromatic rings. The molecule has 3 heteroatoms. The SMILES string of the molecule is CCCNC1CCCC1Oc1ccc(F)cc1C. The molecule has 0 heterocycles. The fourth-order valence-electron chi connectivity index (χ4n) is 2.54. The second-order valence-electron chi connectivity index (χ2n) is 5.06. The molecule has 2 atom stereocenters. The van der Waals surface area contributed by atoms with Crippen LogP contribution >= 0.6 is 0 Å². The van der Waals surface area contributed by atoms with Gasteiger partial charge in [0, 0.05) is 6.04 Å². The summed E-state index contributed by atoms with van der Waals surface area (Å²) in [6.45, 7) is 5.09. The zero-order chi connectivity index (χ0) is 13.0. The van der Waals surface area contributed by atoms with Crippen LogP contribution in [0.1, 0.15) is 38.2 Å². The van der Waals surface area contributed by atoms with Crippen LogP contribution in [0, 0.1) is 12.7 Å². The van der Waals surface area contributed by atoms with Crippen molar-refractivity contribution in [2.75, 3.05) is 6.54 Å².